The van der Waals surface area contributed by atoms with Crippen molar-refractivity contribution in [2.75, 3.05) is 25.0 Å². The van der Waals surface area contributed by atoms with E-state index in [4.69, 9.17) is 5.11 Å². The molecule has 1 atom stereocenters. The van der Waals surface area contributed by atoms with Crippen LogP contribution in [0.5, 0.6) is 0 Å². The summed E-state index contributed by atoms with van der Waals surface area (Å²) < 4.78 is 27.1. The van der Waals surface area contributed by atoms with Gasteiger partial charge in [0.05, 0.1) is 11.6 Å². The zero-order valence-electron chi connectivity index (χ0n) is 12.5. The average molecular weight is 314 g/mol. The molecule has 0 heterocycles. The van der Waals surface area contributed by atoms with E-state index in [2.05, 4.69) is 4.72 Å². The van der Waals surface area contributed by atoms with Crippen molar-refractivity contribution >= 4 is 21.7 Å². The van der Waals surface area contributed by atoms with Gasteiger partial charge in [0, 0.05) is 20.1 Å². The number of carboxylic acid groups (broad SMARTS) is 1. The molecule has 0 saturated heterocycles. The Morgan fingerprint density at radius 2 is 2.00 bits per heavy atom. The summed E-state index contributed by atoms with van der Waals surface area (Å²) in [5, 5.41) is 8.97. The number of sulfonamides is 1. The fourth-order valence-corrected chi connectivity index (χ4v) is 3.29. The molecule has 0 aliphatic carbocycles. The zero-order chi connectivity index (χ0) is 16.0. The van der Waals surface area contributed by atoms with E-state index in [1.165, 1.54) is 6.07 Å². The largest absolute Gasteiger partial charge is 0.481 e. The van der Waals surface area contributed by atoms with Crippen LogP contribution in [0.2, 0.25) is 0 Å². The van der Waals surface area contributed by atoms with Gasteiger partial charge in [-0.3, -0.25) is 4.79 Å². The lowest BCUT2D eigenvalue weighted by Crippen LogP contribution is -2.31. The Morgan fingerprint density at radius 1 is 1.38 bits per heavy atom. The van der Waals surface area contributed by atoms with Crippen LogP contribution in [0, 0.1) is 5.92 Å². The third-order valence-electron chi connectivity index (χ3n) is 3.08. The Morgan fingerprint density at radius 3 is 2.57 bits per heavy atom. The molecule has 21 heavy (non-hydrogen) atoms. The van der Waals surface area contributed by atoms with Crippen LogP contribution in [0.4, 0.5) is 5.69 Å². The van der Waals surface area contributed by atoms with Crippen LogP contribution in [-0.2, 0) is 14.8 Å². The van der Waals surface area contributed by atoms with Crippen LogP contribution in [0.1, 0.15) is 20.3 Å². The molecule has 0 amide bonds. The van der Waals surface area contributed by atoms with Gasteiger partial charge in [-0.1, -0.05) is 26.0 Å². The minimum atomic E-state index is -3.59. The van der Waals surface area contributed by atoms with Crippen molar-refractivity contribution in [3.63, 3.8) is 0 Å². The van der Waals surface area contributed by atoms with Crippen molar-refractivity contribution in [1.82, 2.24) is 4.72 Å². The highest BCUT2D eigenvalue weighted by Gasteiger charge is 2.21. The average Bonchev–Trinajstić information content (AvgIpc) is 2.45. The molecular formula is C14H22N2O4S. The lowest BCUT2D eigenvalue weighted by atomic mass is 10.1. The summed E-state index contributed by atoms with van der Waals surface area (Å²) in [6, 6.07) is 6.58. The van der Waals surface area contributed by atoms with Crippen molar-refractivity contribution in [3.8, 4) is 0 Å². The Hall–Kier alpha value is -1.60. The first-order valence-electron chi connectivity index (χ1n) is 6.82. The van der Waals surface area contributed by atoms with Crippen LogP contribution in [0.3, 0.4) is 0 Å². The molecule has 0 aliphatic heterocycles. The molecule has 0 spiro atoms. The fourth-order valence-electron chi connectivity index (χ4n) is 1.90. The molecule has 7 heteroatoms. The lowest BCUT2D eigenvalue weighted by molar-refractivity contribution is -0.140. The normalized spacial score (nSPS) is 12.9. The van der Waals surface area contributed by atoms with Crippen LogP contribution < -0.4 is 9.62 Å². The van der Waals surface area contributed by atoms with Crippen molar-refractivity contribution < 1.29 is 18.3 Å². The van der Waals surface area contributed by atoms with Gasteiger partial charge in [-0.05, 0) is 18.6 Å². The van der Waals surface area contributed by atoms with E-state index in [9.17, 15) is 13.2 Å². The maximum atomic E-state index is 12.3. The summed E-state index contributed by atoms with van der Waals surface area (Å²) in [5.41, 5.74) is 0.495. The highest BCUT2D eigenvalue weighted by molar-refractivity contribution is 7.89. The number of carboxylic acids is 1. The number of carbonyl (C=O) groups is 1. The van der Waals surface area contributed by atoms with Gasteiger partial charge in [0.1, 0.15) is 4.90 Å². The number of nitrogens with zero attached hydrogens (tertiary/aromatic N) is 1. The van der Waals surface area contributed by atoms with Crippen molar-refractivity contribution in [3.05, 3.63) is 24.3 Å². The number of aliphatic carboxylic acids is 1. The first-order valence-corrected chi connectivity index (χ1v) is 8.30. The topological polar surface area (TPSA) is 86.7 Å². The summed E-state index contributed by atoms with van der Waals surface area (Å²) in [7, 11) is -1.91. The van der Waals surface area contributed by atoms with Crippen LogP contribution in [0.15, 0.2) is 29.2 Å². The third kappa shape index (κ3) is 4.71. The van der Waals surface area contributed by atoms with Gasteiger partial charge in [0.25, 0.3) is 0 Å². The molecule has 6 nitrogen and oxygen atoms in total. The second kappa shape index (κ2) is 7.42. The highest BCUT2D eigenvalue weighted by atomic mass is 32.2. The van der Waals surface area contributed by atoms with E-state index in [1.807, 2.05) is 6.92 Å². The third-order valence-corrected chi connectivity index (χ3v) is 4.59. The SMILES string of the molecule is CCCNS(=O)(=O)c1ccccc1N(C)CC(C)C(=O)O. The molecule has 0 fully saturated rings. The van der Waals surface area contributed by atoms with Crippen molar-refractivity contribution in [1.29, 1.82) is 0 Å². The molecule has 118 valence electrons. The molecule has 0 aromatic heterocycles. The fraction of sp³-hybridized carbons (Fsp3) is 0.500. The number of hydrogen-bond acceptors (Lipinski definition) is 4. The summed E-state index contributed by atoms with van der Waals surface area (Å²) >= 11 is 0. The molecular weight excluding hydrogens is 292 g/mol. The van der Waals surface area contributed by atoms with Gasteiger partial charge >= 0.3 is 5.97 Å². The number of para-hydroxylation sites is 1. The summed E-state index contributed by atoms with van der Waals surface area (Å²) in [4.78, 5) is 12.7. The zero-order valence-corrected chi connectivity index (χ0v) is 13.4. The number of rotatable bonds is 8. The maximum absolute atomic E-state index is 12.3. The lowest BCUT2D eigenvalue weighted by Gasteiger charge is -2.24. The van der Waals surface area contributed by atoms with E-state index in [0.29, 0.717) is 18.7 Å². The molecule has 1 aromatic rings. The molecule has 1 aromatic carbocycles. The van der Waals surface area contributed by atoms with Gasteiger partial charge in [0.15, 0.2) is 0 Å². The predicted molar refractivity (Wildman–Crippen MR) is 82.0 cm³/mol. The van der Waals surface area contributed by atoms with Gasteiger partial charge in [0.2, 0.25) is 10.0 Å². The molecule has 0 saturated carbocycles. The van der Waals surface area contributed by atoms with Crippen LogP contribution >= 0.6 is 0 Å². The van der Waals surface area contributed by atoms with Crippen molar-refractivity contribution in [2.45, 2.75) is 25.2 Å². The van der Waals surface area contributed by atoms with E-state index in [0.717, 1.165) is 0 Å². The first-order chi connectivity index (χ1) is 9.79. The smallest absolute Gasteiger partial charge is 0.308 e. The maximum Gasteiger partial charge on any atom is 0.308 e. The van der Waals surface area contributed by atoms with Crippen LogP contribution in [-0.4, -0.2) is 39.6 Å². The van der Waals surface area contributed by atoms with Crippen molar-refractivity contribution in [2.24, 2.45) is 5.92 Å². The van der Waals surface area contributed by atoms with E-state index < -0.39 is 21.9 Å². The number of nitrogens with one attached hydrogen (secondary N) is 1. The second-order valence-corrected chi connectivity index (χ2v) is 6.72. The Kier molecular flexibility index (Phi) is 6.17. The van der Waals surface area contributed by atoms with Gasteiger partial charge < -0.3 is 10.0 Å². The van der Waals surface area contributed by atoms with Crippen LogP contribution in [0.25, 0.3) is 0 Å². The Balaban J connectivity index is 3.06. The summed E-state index contributed by atoms with van der Waals surface area (Å²) in [6.07, 6.45) is 0.702. The van der Waals surface area contributed by atoms with E-state index >= 15 is 0 Å². The summed E-state index contributed by atoms with van der Waals surface area (Å²) in [5.74, 6) is -1.50. The minimum Gasteiger partial charge on any atom is -0.481 e. The van der Waals surface area contributed by atoms with E-state index in [-0.39, 0.29) is 11.4 Å². The predicted octanol–water partition coefficient (Wildman–Crippen LogP) is 1.53. The standard InChI is InChI=1S/C14H22N2O4S/c1-4-9-15-21(19,20)13-8-6-5-7-12(13)16(3)10-11(2)14(17)18/h5-8,11,15H,4,9-10H2,1-3H3,(H,17,18). The second-order valence-electron chi connectivity index (χ2n) is 4.99. The molecule has 0 bridgehead atoms. The number of anilines is 1. The molecule has 1 unspecified atom stereocenters. The summed E-state index contributed by atoms with van der Waals surface area (Å²) in [6.45, 7) is 4.07. The monoisotopic (exact) mass is 314 g/mol. The number of hydrogen-bond donors (Lipinski definition) is 2. The molecule has 2 N–H and O–H groups in total. The minimum absolute atomic E-state index is 0.165. The van der Waals surface area contributed by atoms with Gasteiger partial charge in [-0.2, -0.15) is 0 Å². The Bertz CT molecular complexity index is 586. The number of benzene rings is 1. The van der Waals surface area contributed by atoms with Gasteiger partial charge in [-0.15, -0.1) is 0 Å². The van der Waals surface area contributed by atoms with E-state index in [1.54, 1.807) is 37.1 Å². The Labute approximate surface area is 125 Å². The van der Waals surface area contributed by atoms with Gasteiger partial charge in [-0.25, -0.2) is 13.1 Å². The molecule has 1 rings (SSSR count). The highest BCUT2D eigenvalue weighted by Crippen LogP contribution is 2.24. The molecule has 0 radical (unpaired) electrons. The first kappa shape index (κ1) is 17.5. The quantitative estimate of drug-likeness (QED) is 0.760. The molecule has 0 aliphatic rings.